The maximum Gasteiger partial charge on any atom is 0.387 e. The van der Waals surface area contributed by atoms with E-state index in [4.69, 9.17) is 0 Å². The molecule has 2 fully saturated rings. The van der Waals surface area contributed by atoms with Crippen LogP contribution in [-0.2, 0) is 16.1 Å². The minimum atomic E-state index is -2.88. The molecule has 2 aliphatic rings. The third-order valence-electron chi connectivity index (χ3n) is 5.87. The van der Waals surface area contributed by atoms with Gasteiger partial charge in [-0.05, 0) is 23.6 Å². The van der Waals surface area contributed by atoms with Gasteiger partial charge < -0.3 is 14.5 Å². The average molecular weight is 427 g/mol. The Labute approximate surface area is 174 Å². The molecule has 0 bridgehead atoms. The van der Waals surface area contributed by atoms with Crippen molar-refractivity contribution in [2.24, 2.45) is 5.92 Å². The maximum absolute atomic E-state index is 13.8. The second-order valence-corrected chi connectivity index (χ2v) is 7.95. The zero-order chi connectivity index (χ0) is 21.8. The summed E-state index contributed by atoms with van der Waals surface area (Å²) in [5.74, 6) is -0.200. The Morgan fingerprint density at radius 2 is 1.90 bits per heavy atom. The Kier molecular flexibility index (Phi) is 7.23. The quantitative estimate of drug-likeness (QED) is 0.640. The number of hydrogen-bond donors (Lipinski definition) is 0. The molecule has 9 heteroatoms. The lowest BCUT2D eigenvalue weighted by atomic mass is 10.0. The molecular weight excluding hydrogens is 399 g/mol. The smallest absolute Gasteiger partial charge is 0.387 e. The molecule has 0 spiro atoms. The van der Waals surface area contributed by atoms with E-state index < -0.39 is 25.5 Å². The van der Waals surface area contributed by atoms with Gasteiger partial charge in [0.15, 0.2) is 0 Å². The molecule has 0 N–H and O–H groups in total. The van der Waals surface area contributed by atoms with Gasteiger partial charge in [0.1, 0.15) is 24.6 Å². The number of fused-ring (bicyclic) bond motifs is 1. The van der Waals surface area contributed by atoms with E-state index in [0.717, 1.165) is 12.0 Å². The molecule has 3 atom stereocenters. The molecule has 2 saturated heterocycles. The Hall–Kier alpha value is -2.29. The molecular formula is C21H28F3N3O3. The minimum absolute atomic E-state index is 0.0738. The van der Waals surface area contributed by atoms with Crippen molar-refractivity contribution in [2.45, 2.75) is 52.1 Å². The van der Waals surface area contributed by atoms with Crippen molar-refractivity contribution in [3.63, 3.8) is 0 Å². The lowest BCUT2D eigenvalue weighted by Gasteiger charge is -2.52. The zero-order valence-electron chi connectivity index (χ0n) is 17.3. The third kappa shape index (κ3) is 4.88. The van der Waals surface area contributed by atoms with E-state index in [2.05, 4.69) is 4.74 Å². The number of carbonyl (C=O) groups is 2. The highest BCUT2D eigenvalue weighted by atomic mass is 19.3. The molecule has 166 valence electrons. The predicted molar refractivity (Wildman–Crippen MR) is 105 cm³/mol. The second-order valence-electron chi connectivity index (χ2n) is 7.95. The number of nitrogens with zero attached hydrogens (tertiary/aromatic N) is 3. The summed E-state index contributed by atoms with van der Waals surface area (Å²) in [7, 11) is 0. The van der Waals surface area contributed by atoms with E-state index in [1.54, 1.807) is 17.0 Å². The molecule has 3 unspecified atom stereocenters. The number of hydrogen-bond acceptors (Lipinski definition) is 4. The Balaban J connectivity index is 1.78. The predicted octanol–water partition coefficient (Wildman–Crippen LogP) is 2.87. The highest BCUT2D eigenvalue weighted by Gasteiger charge is 2.47. The highest BCUT2D eigenvalue weighted by Crippen LogP contribution is 2.28. The van der Waals surface area contributed by atoms with Crippen LogP contribution in [-0.4, -0.2) is 71.6 Å². The highest BCUT2D eigenvalue weighted by molar-refractivity contribution is 5.89. The fraction of sp³-hybridized carbons (Fsp3) is 0.619. The van der Waals surface area contributed by atoms with Crippen LogP contribution in [0.3, 0.4) is 0 Å². The Morgan fingerprint density at radius 1 is 1.20 bits per heavy atom. The fourth-order valence-electron chi connectivity index (χ4n) is 4.07. The zero-order valence-corrected chi connectivity index (χ0v) is 17.3. The summed E-state index contributed by atoms with van der Waals surface area (Å²) in [5, 5.41) is 0. The summed E-state index contributed by atoms with van der Waals surface area (Å²) >= 11 is 0. The van der Waals surface area contributed by atoms with E-state index in [9.17, 15) is 22.8 Å². The first-order chi connectivity index (χ1) is 14.3. The monoisotopic (exact) mass is 427 g/mol. The molecule has 0 saturated carbocycles. The van der Waals surface area contributed by atoms with Crippen molar-refractivity contribution in [3.8, 4) is 5.75 Å². The number of halogens is 3. The summed E-state index contributed by atoms with van der Waals surface area (Å²) < 4.78 is 42.9. The molecule has 0 aromatic heterocycles. The molecule has 30 heavy (non-hydrogen) atoms. The molecule has 0 radical (unpaired) electrons. The SMILES string of the molecule is CCC(C)CN1CC2N(Cc3ccc(OC(F)F)cc3)CCC(=O)N2C(CF)C1=O. The van der Waals surface area contributed by atoms with Crippen LogP contribution in [0.15, 0.2) is 24.3 Å². The van der Waals surface area contributed by atoms with Crippen molar-refractivity contribution in [1.82, 2.24) is 14.7 Å². The number of alkyl halides is 3. The molecule has 2 amide bonds. The summed E-state index contributed by atoms with van der Waals surface area (Å²) in [4.78, 5) is 30.5. The van der Waals surface area contributed by atoms with Crippen LogP contribution in [0.5, 0.6) is 5.75 Å². The van der Waals surface area contributed by atoms with Crippen LogP contribution in [0.2, 0.25) is 0 Å². The van der Waals surface area contributed by atoms with Gasteiger partial charge in [0.05, 0.1) is 6.54 Å². The van der Waals surface area contributed by atoms with Crippen molar-refractivity contribution in [2.75, 3.05) is 26.3 Å². The van der Waals surface area contributed by atoms with Gasteiger partial charge in [-0.3, -0.25) is 14.5 Å². The van der Waals surface area contributed by atoms with Crippen LogP contribution >= 0.6 is 0 Å². The first-order valence-electron chi connectivity index (χ1n) is 10.3. The van der Waals surface area contributed by atoms with Gasteiger partial charge in [-0.15, -0.1) is 0 Å². The number of ether oxygens (including phenoxy) is 1. The van der Waals surface area contributed by atoms with E-state index in [0.29, 0.717) is 26.2 Å². The van der Waals surface area contributed by atoms with Crippen LogP contribution in [0, 0.1) is 5.92 Å². The molecule has 3 rings (SSSR count). The van der Waals surface area contributed by atoms with E-state index in [1.165, 1.54) is 17.0 Å². The van der Waals surface area contributed by atoms with Crippen LogP contribution in [0.25, 0.3) is 0 Å². The minimum Gasteiger partial charge on any atom is -0.435 e. The average Bonchev–Trinajstić information content (AvgIpc) is 2.72. The molecule has 1 aromatic rings. The third-order valence-corrected chi connectivity index (χ3v) is 5.87. The summed E-state index contributed by atoms with van der Waals surface area (Å²) in [5.41, 5.74) is 0.855. The first kappa shape index (κ1) is 22.4. The second kappa shape index (κ2) is 9.68. The van der Waals surface area contributed by atoms with E-state index in [1.807, 2.05) is 18.7 Å². The lowest BCUT2D eigenvalue weighted by Crippen LogP contribution is -2.71. The van der Waals surface area contributed by atoms with E-state index in [-0.39, 0.29) is 29.9 Å². The van der Waals surface area contributed by atoms with Crippen molar-refractivity contribution in [3.05, 3.63) is 29.8 Å². The van der Waals surface area contributed by atoms with Crippen molar-refractivity contribution >= 4 is 11.8 Å². The van der Waals surface area contributed by atoms with Crippen LogP contribution in [0.1, 0.15) is 32.3 Å². The molecule has 6 nitrogen and oxygen atoms in total. The maximum atomic E-state index is 13.8. The first-order valence-corrected chi connectivity index (χ1v) is 10.3. The fourth-order valence-corrected chi connectivity index (χ4v) is 4.07. The van der Waals surface area contributed by atoms with Crippen LogP contribution < -0.4 is 4.74 Å². The van der Waals surface area contributed by atoms with Gasteiger partial charge in [-0.25, -0.2) is 4.39 Å². The summed E-state index contributed by atoms with van der Waals surface area (Å²) in [6.07, 6.45) is 0.692. The number of amides is 2. The van der Waals surface area contributed by atoms with Crippen molar-refractivity contribution in [1.29, 1.82) is 0 Å². The summed E-state index contributed by atoms with van der Waals surface area (Å²) in [6.45, 7) is 2.08. The van der Waals surface area contributed by atoms with Crippen molar-refractivity contribution < 1.29 is 27.5 Å². The van der Waals surface area contributed by atoms with Crippen LogP contribution in [0.4, 0.5) is 13.2 Å². The number of piperazine rings is 1. The number of rotatable bonds is 8. The Morgan fingerprint density at radius 3 is 2.50 bits per heavy atom. The van der Waals surface area contributed by atoms with Gasteiger partial charge in [0, 0.05) is 26.1 Å². The largest absolute Gasteiger partial charge is 0.435 e. The van der Waals surface area contributed by atoms with Gasteiger partial charge in [0.2, 0.25) is 11.8 Å². The van der Waals surface area contributed by atoms with Gasteiger partial charge in [0.25, 0.3) is 0 Å². The normalized spacial score (nSPS) is 23.7. The molecule has 2 heterocycles. The van der Waals surface area contributed by atoms with E-state index >= 15 is 0 Å². The topological polar surface area (TPSA) is 53.1 Å². The number of benzene rings is 1. The lowest BCUT2D eigenvalue weighted by molar-refractivity contribution is -0.172. The summed E-state index contributed by atoms with van der Waals surface area (Å²) in [6, 6.07) is 5.23. The molecule has 1 aromatic carbocycles. The Bertz CT molecular complexity index is 747. The molecule has 2 aliphatic heterocycles. The number of carbonyl (C=O) groups excluding carboxylic acids is 2. The van der Waals surface area contributed by atoms with Gasteiger partial charge in [-0.1, -0.05) is 32.4 Å². The standard InChI is InChI=1S/C21H28F3N3O3/c1-3-14(2)11-26-13-18-25(9-8-19(28)27(18)17(10-22)20(26)29)12-15-4-6-16(7-5-15)30-21(23)24/h4-7,14,17-18,21H,3,8-13H2,1-2H3. The van der Waals surface area contributed by atoms with Gasteiger partial charge in [-0.2, -0.15) is 8.78 Å². The van der Waals surface area contributed by atoms with Gasteiger partial charge >= 0.3 is 6.61 Å². The molecule has 0 aliphatic carbocycles.